The second kappa shape index (κ2) is 12.9. The number of nitrogens with zero attached hydrogens (tertiary/aromatic N) is 2. The number of nitrogens with one attached hydrogen (secondary N) is 1. The third-order valence-electron chi connectivity index (χ3n) is 4.51. The Morgan fingerprint density at radius 3 is 2.50 bits per heavy atom. The summed E-state index contributed by atoms with van der Waals surface area (Å²) in [6.07, 6.45) is -3.04. The summed E-state index contributed by atoms with van der Waals surface area (Å²) < 4.78 is 47.4. The molecule has 1 heterocycles. The summed E-state index contributed by atoms with van der Waals surface area (Å²) in [5.74, 6) is 0.571. The minimum atomic E-state index is -4.39. The molecule has 2 rings (SSSR count). The number of carbonyl (C=O) groups is 1. The molecule has 0 radical (unpaired) electrons. The second-order valence-electron chi connectivity index (χ2n) is 6.70. The second-order valence-corrected chi connectivity index (χ2v) is 6.70. The van der Waals surface area contributed by atoms with E-state index in [1.54, 1.807) is 25.1 Å². The quantitative estimate of drug-likeness (QED) is 0.244. The molecule has 1 aromatic carbocycles. The number of alkyl halides is 3. The van der Waals surface area contributed by atoms with Crippen molar-refractivity contribution >= 4 is 35.9 Å². The maximum absolute atomic E-state index is 12.5. The van der Waals surface area contributed by atoms with Gasteiger partial charge in [-0.2, -0.15) is 13.2 Å². The van der Waals surface area contributed by atoms with Crippen LogP contribution in [-0.4, -0.2) is 55.9 Å². The summed E-state index contributed by atoms with van der Waals surface area (Å²) in [6.45, 7) is 4.93. The molecule has 0 bridgehead atoms. The zero-order valence-electron chi connectivity index (χ0n) is 17.2. The molecule has 1 aliphatic heterocycles. The van der Waals surface area contributed by atoms with Crippen molar-refractivity contribution < 1.29 is 27.4 Å². The van der Waals surface area contributed by atoms with Crippen LogP contribution >= 0.6 is 24.0 Å². The molecule has 30 heavy (non-hydrogen) atoms. The number of hydrogen-bond acceptors (Lipinski definition) is 4. The number of esters is 1. The molecular formula is C20H29F3IN3O3. The fourth-order valence-electron chi connectivity index (χ4n) is 3.11. The van der Waals surface area contributed by atoms with Crippen LogP contribution in [0, 0.1) is 5.92 Å². The highest BCUT2D eigenvalue weighted by Crippen LogP contribution is 2.23. The number of guanidine groups is 1. The number of aliphatic imine (C=N–C) groups is 1. The van der Waals surface area contributed by atoms with Gasteiger partial charge in [-0.15, -0.1) is 24.0 Å². The molecule has 1 aliphatic rings. The van der Waals surface area contributed by atoms with Gasteiger partial charge in [0.1, 0.15) is 5.75 Å². The van der Waals surface area contributed by atoms with Crippen LogP contribution < -0.4 is 10.1 Å². The Morgan fingerprint density at radius 1 is 1.23 bits per heavy atom. The topological polar surface area (TPSA) is 63.2 Å². The highest BCUT2D eigenvalue weighted by Gasteiger charge is 2.29. The van der Waals surface area contributed by atoms with Gasteiger partial charge in [0, 0.05) is 25.2 Å². The van der Waals surface area contributed by atoms with E-state index in [-0.39, 0.29) is 48.2 Å². The predicted octanol–water partition coefficient (Wildman–Crippen LogP) is 3.99. The van der Waals surface area contributed by atoms with E-state index in [0.29, 0.717) is 50.6 Å². The van der Waals surface area contributed by atoms with E-state index < -0.39 is 12.8 Å². The molecule has 1 aromatic rings. The van der Waals surface area contributed by atoms with Gasteiger partial charge in [-0.25, -0.2) is 4.99 Å². The van der Waals surface area contributed by atoms with Gasteiger partial charge in [0.2, 0.25) is 0 Å². The lowest BCUT2D eigenvalue weighted by Crippen LogP contribution is -2.46. The van der Waals surface area contributed by atoms with E-state index >= 15 is 0 Å². The van der Waals surface area contributed by atoms with Gasteiger partial charge in [-0.3, -0.25) is 4.79 Å². The van der Waals surface area contributed by atoms with Gasteiger partial charge >= 0.3 is 12.1 Å². The van der Waals surface area contributed by atoms with Gasteiger partial charge in [-0.05, 0) is 32.8 Å². The fourth-order valence-corrected chi connectivity index (χ4v) is 3.11. The molecule has 0 spiro atoms. The van der Waals surface area contributed by atoms with Crippen LogP contribution in [0.4, 0.5) is 13.2 Å². The highest BCUT2D eigenvalue weighted by molar-refractivity contribution is 14.0. The van der Waals surface area contributed by atoms with E-state index in [1.165, 1.54) is 6.07 Å². The van der Waals surface area contributed by atoms with E-state index in [0.717, 1.165) is 0 Å². The minimum absolute atomic E-state index is 0. The molecule has 0 unspecified atom stereocenters. The van der Waals surface area contributed by atoms with Crippen LogP contribution in [0.25, 0.3) is 0 Å². The lowest BCUT2D eigenvalue weighted by atomic mass is 9.97. The Kier molecular flexibility index (Phi) is 11.3. The molecule has 6 nitrogen and oxygen atoms in total. The monoisotopic (exact) mass is 543 g/mol. The number of rotatable bonds is 7. The Morgan fingerprint density at radius 2 is 1.90 bits per heavy atom. The SMILES string of the molecule is CCNC(=NCc1ccccc1OCC(F)(F)F)N1CCC(C(=O)OCC)CC1.I. The van der Waals surface area contributed by atoms with Crippen molar-refractivity contribution in [2.75, 3.05) is 32.8 Å². The summed E-state index contributed by atoms with van der Waals surface area (Å²) in [5.41, 5.74) is 0.577. The molecule has 0 atom stereocenters. The highest BCUT2D eigenvalue weighted by atomic mass is 127. The van der Waals surface area contributed by atoms with Crippen LogP contribution in [0.3, 0.4) is 0 Å². The number of ether oxygens (including phenoxy) is 2. The lowest BCUT2D eigenvalue weighted by molar-refractivity contribution is -0.153. The Balaban J connectivity index is 0.00000450. The van der Waals surface area contributed by atoms with Gasteiger partial charge < -0.3 is 19.7 Å². The maximum Gasteiger partial charge on any atom is 0.422 e. The summed E-state index contributed by atoms with van der Waals surface area (Å²) in [4.78, 5) is 18.5. The first-order valence-corrected chi connectivity index (χ1v) is 9.81. The number of benzene rings is 1. The third kappa shape index (κ3) is 8.57. The Hall–Kier alpha value is -1.72. The molecule has 0 aliphatic carbocycles. The molecule has 1 N–H and O–H groups in total. The Labute approximate surface area is 192 Å². The zero-order chi connectivity index (χ0) is 21.3. The first kappa shape index (κ1) is 26.3. The summed E-state index contributed by atoms with van der Waals surface area (Å²) in [6, 6.07) is 6.58. The summed E-state index contributed by atoms with van der Waals surface area (Å²) in [7, 11) is 0. The van der Waals surface area contributed by atoms with Crippen LogP contribution in [0.15, 0.2) is 29.3 Å². The normalized spacial score (nSPS) is 15.4. The summed E-state index contributed by atoms with van der Waals surface area (Å²) in [5, 5.41) is 3.21. The number of para-hydroxylation sites is 1. The minimum Gasteiger partial charge on any atom is -0.484 e. The number of likely N-dealkylation sites (tertiary alicyclic amines) is 1. The van der Waals surface area contributed by atoms with E-state index in [2.05, 4.69) is 15.2 Å². The largest absolute Gasteiger partial charge is 0.484 e. The maximum atomic E-state index is 12.5. The standard InChI is InChI=1S/C20H28F3N3O3.HI/c1-3-24-19(26-11-9-15(10-12-26)18(27)28-4-2)25-13-16-7-5-6-8-17(16)29-14-20(21,22)23;/h5-8,15H,3-4,9-14H2,1-2H3,(H,24,25);1H. The van der Waals surface area contributed by atoms with Crippen molar-refractivity contribution in [1.82, 2.24) is 10.2 Å². The fraction of sp³-hybridized carbons (Fsp3) is 0.600. The number of piperidine rings is 1. The van der Waals surface area contributed by atoms with Gasteiger partial charge in [-0.1, -0.05) is 18.2 Å². The molecule has 10 heteroatoms. The van der Waals surface area contributed by atoms with Gasteiger partial charge in [0.05, 0.1) is 19.1 Å². The van der Waals surface area contributed by atoms with Crippen LogP contribution in [0.1, 0.15) is 32.3 Å². The molecule has 0 amide bonds. The van der Waals surface area contributed by atoms with Crippen molar-refractivity contribution in [2.45, 2.75) is 39.4 Å². The number of carbonyl (C=O) groups excluding carboxylic acids is 1. The average Bonchev–Trinajstić information content (AvgIpc) is 2.70. The predicted molar refractivity (Wildman–Crippen MR) is 119 cm³/mol. The van der Waals surface area contributed by atoms with Gasteiger partial charge in [0.25, 0.3) is 0 Å². The summed E-state index contributed by atoms with van der Waals surface area (Å²) >= 11 is 0. The molecule has 0 aromatic heterocycles. The van der Waals surface area contributed by atoms with E-state index in [1.807, 2.05) is 6.92 Å². The number of halogens is 4. The van der Waals surface area contributed by atoms with Crippen LogP contribution in [0.2, 0.25) is 0 Å². The lowest BCUT2D eigenvalue weighted by Gasteiger charge is -2.33. The van der Waals surface area contributed by atoms with Crippen molar-refractivity contribution in [3.05, 3.63) is 29.8 Å². The van der Waals surface area contributed by atoms with Crippen LogP contribution in [0.5, 0.6) is 5.75 Å². The van der Waals surface area contributed by atoms with Gasteiger partial charge in [0.15, 0.2) is 12.6 Å². The Bertz CT molecular complexity index is 693. The molecule has 1 saturated heterocycles. The molecular weight excluding hydrogens is 514 g/mol. The van der Waals surface area contributed by atoms with Crippen molar-refractivity contribution in [3.63, 3.8) is 0 Å². The third-order valence-corrected chi connectivity index (χ3v) is 4.51. The van der Waals surface area contributed by atoms with Crippen molar-refractivity contribution in [3.8, 4) is 5.75 Å². The van der Waals surface area contributed by atoms with Crippen molar-refractivity contribution in [2.24, 2.45) is 10.9 Å². The first-order valence-electron chi connectivity index (χ1n) is 9.81. The molecule has 170 valence electrons. The van der Waals surface area contributed by atoms with E-state index in [9.17, 15) is 18.0 Å². The molecule has 1 fully saturated rings. The average molecular weight is 543 g/mol. The zero-order valence-corrected chi connectivity index (χ0v) is 19.5. The van der Waals surface area contributed by atoms with Crippen LogP contribution in [-0.2, 0) is 16.1 Å². The number of hydrogen-bond donors (Lipinski definition) is 1. The smallest absolute Gasteiger partial charge is 0.422 e. The molecule has 0 saturated carbocycles. The first-order chi connectivity index (χ1) is 13.8. The van der Waals surface area contributed by atoms with E-state index in [4.69, 9.17) is 9.47 Å². The van der Waals surface area contributed by atoms with Crippen molar-refractivity contribution in [1.29, 1.82) is 0 Å².